The Morgan fingerprint density at radius 3 is 2.30 bits per heavy atom. The van der Waals surface area contributed by atoms with E-state index < -0.39 is 17.5 Å². The first kappa shape index (κ1) is 16.0. The molecule has 1 aromatic carbocycles. The molecule has 5 heteroatoms. The molecule has 0 spiro atoms. The first-order chi connectivity index (χ1) is 9.32. The van der Waals surface area contributed by atoms with E-state index in [9.17, 15) is 9.59 Å². The van der Waals surface area contributed by atoms with Crippen molar-refractivity contribution in [2.75, 3.05) is 5.32 Å². The second-order valence-electron chi connectivity index (χ2n) is 5.48. The highest BCUT2D eigenvalue weighted by molar-refractivity contribution is 5.90. The molecule has 0 aliphatic rings. The van der Waals surface area contributed by atoms with Crippen LogP contribution in [0, 0.1) is 0 Å². The third-order valence-corrected chi connectivity index (χ3v) is 2.80. The van der Waals surface area contributed by atoms with E-state index in [4.69, 9.17) is 5.11 Å². The fraction of sp³-hybridized carbons (Fsp3) is 0.467. The number of benzene rings is 1. The zero-order valence-electron chi connectivity index (χ0n) is 12.2. The highest BCUT2D eigenvalue weighted by atomic mass is 16.4. The molecule has 0 aromatic heterocycles. The normalized spacial score (nSPS) is 10.9. The Morgan fingerprint density at radius 1 is 1.20 bits per heavy atom. The number of carbonyl (C=O) groups excluding carboxylic acids is 1. The van der Waals surface area contributed by atoms with Crippen molar-refractivity contribution in [1.82, 2.24) is 5.32 Å². The lowest BCUT2D eigenvalue weighted by Gasteiger charge is -2.24. The van der Waals surface area contributed by atoms with Gasteiger partial charge in [0.15, 0.2) is 0 Å². The van der Waals surface area contributed by atoms with Gasteiger partial charge in [-0.2, -0.15) is 0 Å². The number of aliphatic carboxylic acids is 1. The first-order valence-corrected chi connectivity index (χ1v) is 6.72. The van der Waals surface area contributed by atoms with Crippen LogP contribution in [0.3, 0.4) is 0 Å². The predicted molar refractivity (Wildman–Crippen MR) is 78.9 cm³/mol. The fourth-order valence-corrected chi connectivity index (χ4v) is 1.94. The number of carboxylic acids is 1. The number of hydrogen-bond acceptors (Lipinski definition) is 2. The third-order valence-electron chi connectivity index (χ3n) is 2.80. The maximum absolute atomic E-state index is 11.8. The van der Waals surface area contributed by atoms with Gasteiger partial charge in [0.2, 0.25) is 0 Å². The van der Waals surface area contributed by atoms with Crippen LogP contribution in [0.15, 0.2) is 24.3 Å². The number of rotatable bonds is 6. The molecule has 110 valence electrons. The van der Waals surface area contributed by atoms with E-state index in [0.29, 0.717) is 5.69 Å². The molecule has 0 saturated heterocycles. The summed E-state index contributed by atoms with van der Waals surface area (Å²) in [5, 5.41) is 14.1. The van der Waals surface area contributed by atoms with E-state index in [0.717, 1.165) is 12.8 Å². The predicted octanol–water partition coefficient (Wildman–Crippen LogP) is 3.01. The molecule has 3 N–H and O–H groups in total. The third kappa shape index (κ3) is 5.73. The van der Waals surface area contributed by atoms with Crippen molar-refractivity contribution in [2.45, 2.75) is 45.6 Å². The Hall–Kier alpha value is -2.04. The van der Waals surface area contributed by atoms with Crippen molar-refractivity contribution >= 4 is 17.7 Å². The zero-order chi connectivity index (χ0) is 15.2. The minimum atomic E-state index is -0.945. The molecule has 2 amide bonds. The number of carbonyl (C=O) groups is 2. The largest absolute Gasteiger partial charge is 0.481 e. The van der Waals surface area contributed by atoms with Crippen molar-refractivity contribution in [1.29, 1.82) is 0 Å². The Balaban J connectivity index is 2.55. The lowest BCUT2D eigenvalue weighted by atomic mass is 10.0. The lowest BCUT2D eigenvalue weighted by Crippen LogP contribution is -2.46. The lowest BCUT2D eigenvalue weighted by molar-refractivity contribution is -0.138. The van der Waals surface area contributed by atoms with Crippen molar-refractivity contribution in [3.63, 3.8) is 0 Å². The van der Waals surface area contributed by atoms with E-state index in [1.807, 2.05) is 24.3 Å². The van der Waals surface area contributed by atoms with E-state index in [1.54, 1.807) is 13.8 Å². The van der Waals surface area contributed by atoms with Crippen LogP contribution >= 0.6 is 0 Å². The van der Waals surface area contributed by atoms with Gasteiger partial charge < -0.3 is 15.7 Å². The average Bonchev–Trinajstić information content (AvgIpc) is 2.29. The summed E-state index contributed by atoms with van der Waals surface area (Å²) < 4.78 is 0. The van der Waals surface area contributed by atoms with E-state index >= 15 is 0 Å². The van der Waals surface area contributed by atoms with Gasteiger partial charge in [0.1, 0.15) is 0 Å². The molecule has 20 heavy (non-hydrogen) atoms. The number of hydrogen-bond donors (Lipinski definition) is 3. The average molecular weight is 278 g/mol. The Morgan fingerprint density at radius 2 is 1.80 bits per heavy atom. The number of carboxylic acid groups (broad SMARTS) is 1. The van der Waals surface area contributed by atoms with Crippen molar-refractivity contribution < 1.29 is 14.7 Å². The standard InChI is InChI=1S/C15H22N2O3/c1-4-5-11-6-8-12(9-7-11)16-14(20)17-15(2,3)10-13(18)19/h6-9H,4-5,10H2,1-3H3,(H,18,19)(H2,16,17,20). The van der Waals surface area contributed by atoms with Crippen LogP contribution in [0.1, 0.15) is 39.2 Å². The van der Waals surface area contributed by atoms with Crippen LogP contribution in [-0.4, -0.2) is 22.6 Å². The number of nitrogens with one attached hydrogen (secondary N) is 2. The maximum atomic E-state index is 11.8. The molecule has 0 heterocycles. The molecule has 0 saturated carbocycles. The topological polar surface area (TPSA) is 78.4 Å². The van der Waals surface area contributed by atoms with Crippen LogP contribution in [0.25, 0.3) is 0 Å². The number of aryl methyl sites for hydroxylation is 1. The van der Waals surface area contributed by atoms with Crippen LogP contribution in [0.4, 0.5) is 10.5 Å². The van der Waals surface area contributed by atoms with E-state index in [1.165, 1.54) is 5.56 Å². The molecular formula is C15H22N2O3. The minimum absolute atomic E-state index is 0.129. The molecule has 0 radical (unpaired) electrons. The Bertz CT molecular complexity index is 467. The monoisotopic (exact) mass is 278 g/mol. The summed E-state index contributed by atoms with van der Waals surface area (Å²) in [7, 11) is 0. The van der Waals surface area contributed by atoms with Crippen LogP contribution in [-0.2, 0) is 11.2 Å². The summed E-state index contributed by atoms with van der Waals surface area (Å²) in [6.45, 7) is 5.46. The van der Waals surface area contributed by atoms with Gasteiger partial charge in [-0.25, -0.2) is 4.79 Å². The van der Waals surface area contributed by atoms with Crippen molar-refractivity contribution in [2.24, 2.45) is 0 Å². The zero-order valence-corrected chi connectivity index (χ0v) is 12.2. The summed E-state index contributed by atoms with van der Waals surface area (Å²) in [5.74, 6) is -0.945. The molecule has 0 unspecified atom stereocenters. The van der Waals surface area contributed by atoms with Crippen LogP contribution in [0.2, 0.25) is 0 Å². The SMILES string of the molecule is CCCc1ccc(NC(=O)NC(C)(C)CC(=O)O)cc1. The van der Waals surface area contributed by atoms with Gasteiger partial charge in [-0.05, 0) is 38.0 Å². The summed E-state index contributed by atoms with van der Waals surface area (Å²) in [6, 6.07) is 7.23. The number of urea groups is 1. The molecule has 5 nitrogen and oxygen atoms in total. The number of amides is 2. The Labute approximate surface area is 119 Å². The quantitative estimate of drug-likeness (QED) is 0.748. The van der Waals surface area contributed by atoms with Crippen LogP contribution < -0.4 is 10.6 Å². The highest BCUT2D eigenvalue weighted by Gasteiger charge is 2.23. The molecule has 0 atom stereocenters. The van der Waals surface area contributed by atoms with Crippen molar-refractivity contribution in [3.05, 3.63) is 29.8 Å². The van der Waals surface area contributed by atoms with Gasteiger partial charge in [0.05, 0.1) is 6.42 Å². The van der Waals surface area contributed by atoms with E-state index in [2.05, 4.69) is 17.6 Å². The van der Waals surface area contributed by atoms with Crippen molar-refractivity contribution in [3.8, 4) is 0 Å². The van der Waals surface area contributed by atoms with Gasteiger partial charge in [-0.1, -0.05) is 25.5 Å². The molecule has 0 aliphatic heterocycles. The van der Waals surface area contributed by atoms with Gasteiger partial charge >= 0.3 is 12.0 Å². The summed E-state index contributed by atoms with van der Waals surface area (Å²) >= 11 is 0. The van der Waals surface area contributed by atoms with Gasteiger partial charge in [-0.3, -0.25) is 4.79 Å². The summed E-state index contributed by atoms with van der Waals surface area (Å²) in [5.41, 5.74) is 1.12. The van der Waals surface area contributed by atoms with Crippen LogP contribution in [0.5, 0.6) is 0 Å². The summed E-state index contributed by atoms with van der Waals surface area (Å²) in [4.78, 5) is 22.5. The van der Waals surface area contributed by atoms with E-state index in [-0.39, 0.29) is 6.42 Å². The Kier molecular flexibility index (Phi) is 5.55. The molecule has 0 fully saturated rings. The maximum Gasteiger partial charge on any atom is 0.319 e. The first-order valence-electron chi connectivity index (χ1n) is 6.72. The molecule has 1 aromatic rings. The van der Waals surface area contributed by atoms with Gasteiger partial charge in [0.25, 0.3) is 0 Å². The number of anilines is 1. The molecule has 0 bridgehead atoms. The van der Waals surface area contributed by atoms with Gasteiger partial charge in [-0.15, -0.1) is 0 Å². The second-order valence-corrected chi connectivity index (χ2v) is 5.48. The second kappa shape index (κ2) is 6.93. The highest BCUT2D eigenvalue weighted by Crippen LogP contribution is 2.12. The summed E-state index contributed by atoms with van der Waals surface area (Å²) in [6.07, 6.45) is 1.96. The fourth-order valence-electron chi connectivity index (χ4n) is 1.94. The molecule has 0 aliphatic carbocycles. The molecule has 1 rings (SSSR count). The van der Waals surface area contributed by atoms with Gasteiger partial charge in [0, 0.05) is 11.2 Å². The molecular weight excluding hydrogens is 256 g/mol. The minimum Gasteiger partial charge on any atom is -0.481 e. The smallest absolute Gasteiger partial charge is 0.319 e.